The average molecular weight is 374 g/mol. The monoisotopic (exact) mass is 373 g/mol. The zero-order chi connectivity index (χ0) is 17.3. The Morgan fingerprint density at radius 1 is 1.25 bits per heavy atom. The van der Waals surface area contributed by atoms with E-state index in [1.807, 2.05) is 30.3 Å². The number of rotatable bonds is 2. The van der Waals surface area contributed by atoms with Gasteiger partial charge in [0.25, 0.3) is 5.91 Å². The Kier molecular flexibility index (Phi) is 4.86. The fourth-order valence-electron chi connectivity index (χ4n) is 2.56. The maximum Gasteiger partial charge on any atom is 0.262 e. The first kappa shape index (κ1) is 16.9. The van der Waals surface area contributed by atoms with Crippen molar-refractivity contribution in [1.82, 2.24) is 5.32 Å². The molecule has 24 heavy (non-hydrogen) atoms. The minimum atomic E-state index is -0.466. The minimum Gasteiger partial charge on any atom is -0.351 e. The van der Waals surface area contributed by atoms with E-state index in [2.05, 4.69) is 12.2 Å². The molecule has 1 aliphatic rings. The highest BCUT2D eigenvalue weighted by molar-refractivity contribution is 7.99. The molecule has 0 unspecified atom stereocenters. The first-order valence-electron chi connectivity index (χ1n) is 7.05. The lowest BCUT2D eigenvalue weighted by molar-refractivity contribution is -0.116. The van der Waals surface area contributed by atoms with Crippen molar-refractivity contribution in [3.05, 3.63) is 70.1 Å². The Bertz CT molecular complexity index is 916. The summed E-state index contributed by atoms with van der Waals surface area (Å²) in [6.07, 6.45) is 0. The number of halogens is 2. The Morgan fingerprint density at radius 3 is 2.71 bits per heavy atom. The van der Waals surface area contributed by atoms with Crippen molar-refractivity contribution in [1.29, 1.82) is 5.26 Å². The van der Waals surface area contributed by atoms with E-state index in [0.29, 0.717) is 21.2 Å². The Morgan fingerprint density at radius 2 is 2.00 bits per heavy atom. The molecule has 0 fully saturated rings. The molecule has 2 aromatic rings. The molecule has 3 rings (SSSR count). The summed E-state index contributed by atoms with van der Waals surface area (Å²) < 4.78 is 0. The fraction of sp³-hybridized carbons (Fsp3) is 0.0556. The van der Waals surface area contributed by atoms with Gasteiger partial charge in [0.05, 0.1) is 5.02 Å². The van der Waals surface area contributed by atoms with Gasteiger partial charge in [-0.3, -0.25) is 4.79 Å². The van der Waals surface area contributed by atoms with Crippen LogP contribution >= 0.6 is 35.0 Å². The van der Waals surface area contributed by atoms with Crippen LogP contribution in [0.5, 0.6) is 0 Å². The van der Waals surface area contributed by atoms with Crippen LogP contribution < -0.4 is 5.32 Å². The molecule has 3 nitrogen and oxygen atoms in total. The fourth-order valence-corrected chi connectivity index (χ4v) is 4.24. The number of carbonyl (C=O) groups excluding carboxylic acids is 1. The van der Waals surface area contributed by atoms with E-state index >= 15 is 0 Å². The van der Waals surface area contributed by atoms with Crippen LogP contribution in [-0.4, -0.2) is 12.5 Å². The van der Waals surface area contributed by atoms with Gasteiger partial charge in [0.15, 0.2) is 0 Å². The van der Waals surface area contributed by atoms with Gasteiger partial charge in [-0.2, -0.15) is 5.26 Å². The zero-order valence-electron chi connectivity index (χ0n) is 12.4. The maximum atomic E-state index is 12.4. The van der Waals surface area contributed by atoms with Crippen LogP contribution in [0, 0.1) is 18.3 Å². The smallest absolute Gasteiger partial charge is 0.262 e. The van der Waals surface area contributed by atoms with Crippen LogP contribution in [0.15, 0.2) is 51.8 Å². The number of nitriles is 1. The lowest BCUT2D eigenvalue weighted by atomic mass is 9.92. The number of amides is 1. The molecule has 6 heteroatoms. The normalized spacial score (nSPS) is 14.2. The van der Waals surface area contributed by atoms with Gasteiger partial charge in [0.1, 0.15) is 11.6 Å². The average Bonchev–Trinajstić information content (AvgIpc) is 2.56. The van der Waals surface area contributed by atoms with E-state index in [-0.39, 0.29) is 12.1 Å². The van der Waals surface area contributed by atoms with Crippen molar-refractivity contribution in [3.8, 4) is 6.07 Å². The van der Waals surface area contributed by atoms with E-state index in [9.17, 15) is 10.1 Å². The molecular weight excluding hydrogens is 363 g/mol. The van der Waals surface area contributed by atoms with E-state index in [1.165, 1.54) is 11.8 Å². The van der Waals surface area contributed by atoms with Crippen LogP contribution in [0.3, 0.4) is 0 Å². The van der Waals surface area contributed by atoms with E-state index in [1.54, 1.807) is 12.1 Å². The summed E-state index contributed by atoms with van der Waals surface area (Å²) in [6, 6.07) is 13.0. The third-order valence-corrected chi connectivity index (χ3v) is 5.37. The predicted molar refractivity (Wildman–Crippen MR) is 97.0 cm³/mol. The molecule has 0 aliphatic carbocycles. The van der Waals surface area contributed by atoms with E-state index < -0.39 is 5.91 Å². The van der Waals surface area contributed by atoms with Gasteiger partial charge in [-0.1, -0.05) is 53.2 Å². The third kappa shape index (κ3) is 2.91. The molecule has 1 aliphatic heterocycles. The lowest BCUT2D eigenvalue weighted by Gasteiger charge is -2.24. The summed E-state index contributed by atoms with van der Waals surface area (Å²) in [7, 11) is 0. The van der Waals surface area contributed by atoms with Gasteiger partial charge in [0, 0.05) is 32.5 Å². The number of nitrogens with zero attached hydrogens (tertiary/aromatic N) is 1. The van der Waals surface area contributed by atoms with Crippen LogP contribution in [0.25, 0.3) is 5.57 Å². The second kappa shape index (κ2) is 6.90. The first-order valence-corrected chi connectivity index (χ1v) is 8.62. The molecule has 1 N–H and O–H groups in total. The number of hydrogen-bond donors (Lipinski definition) is 1. The molecule has 0 saturated heterocycles. The van der Waals surface area contributed by atoms with Crippen LogP contribution in [-0.2, 0) is 4.79 Å². The Labute approximate surface area is 154 Å². The van der Waals surface area contributed by atoms with Gasteiger partial charge in [-0.15, -0.1) is 0 Å². The van der Waals surface area contributed by atoms with Crippen molar-refractivity contribution in [2.24, 2.45) is 0 Å². The molecular formula is C18H11Cl2N2OS. The molecule has 0 spiro atoms. The number of hydrogen-bond acceptors (Lipinski definition) is 3. The number of carbonyl (C=O) groups is 1. The number of fused-ring (bicyclic) bond motifs is 2. The Hall–Kier alpha value is -1.93. The molecule has 0 atom stereocenters. The van der Waals surface area contributed by atoms with Gasteiger partial charge in [-0.05, 0) is 30.7 Å². The molecule has 0 bridgehead atoms. The highest BCUT2D eigenvalue weighted by atomic mass is 35.5. The van der Waals surface area contributed by atoms with Crippen molar-refractivity contribution < 1.29 is 4.79 Å². The standard InChI is InChI=1S/C18H11Cl2N2OS/c1-2-22-18(23)13(9-21)16-11-5-3-4-6-15(11)24-17-12(16)7-10(19)8-14(17)20/h3-8H,1-2H2,(H,22,23)/b16-13+. The number of nitrogens with one attached hydrogen (secondary N) is 1. The molecule has 2 aromatic carbocycles. The van der Waals surface area contributed by atoms with Crippen molar-refractivity contribution in [3.63, 3.8) is 0 Å². The van der Waals surface area contributed by atoms with E-state index in [4.69, 9.17) is 23.2 Å². The second-order valence-electron chi connectivity index (χ2n) is 4.98. The maximum absolute atomic E-state index is 12.4. The molecule has 1 amide bonds. The van der Waals surface area contributed by atoms with Gasteiger partial charge in [-0.25, -0.2) is 0 Å². The highest BCUT2D eigenvalue weighted by Crippen LogP contribution is 2.49. The molecule has 0 saturated carbocycles. The second-order valence-corrected chi connectivity index (χ2v) is 6.88. The van der Waals surface area contributed by atoms with Gasteiger partial charge >= 0.3 is 0 Å². The summed E-state index contributed by atoms with van der Waals surface area (Å²) in [5.74, 6) is -0.466. The lowest BCUT2D eigenvalue weighted by Crippen LogP contribution is -2.25. The quantitative estimate of drug-likeness (QED) is 0.521. The first-order chi connectivity index (χ1) is 11.6. The third-order valence-electron chi connectivity index (χ3n) is 3.52. The molecule has 1 heterocycles. The van der Waals surface area contributed by atoms with Crippen LogP contribution in [0.1, 0.15) is 11.1 Å². The van der Waals surface area contributed by atoms with Crippen molar-refractivity contribution in [2.75, 3.05) is 6.54 Å². The van der Waals surface area contributed by atoms with Crippen LogP contribution in [0.4, 0.5) is 0 Å². The summed E-state index contributed by atoms with van der Waals surface area (Å²) in [5, 5.41) is 13.1. The van der Waals surface area contributed by atoms with Gasteiger partial charge in [0.2, 0.25) is 0 Å². The summed E-state index contributed by atoms with van der Waals surface area (Å²) in [5.41, 5.74) is 2.05. The largest absolute Gasteiger partial charge is 0.351 e. The predicted octanol–water partition coefficient (Wildman–Crippen LogP) is 4.73. The summed E-state index contributed by atoms with van der Waals surface area (Å²) in [4.78, 5) is 14.1. The molecule has 0 aromatic heterocycles. The van der Waals surface area contributed by atoms with Crippen molar-refractivity contribution in [2.45, 2.75) is 9.79 Å². The SMILES string of the molecule is [CH2]CNC(=O)/C(C#N)=C1\c2ccccc2Sc2c(Cl)cc(Cl)cc21. The Balaban J connectivity index is 2.37. The van der Waals surface area contributed by atoms with Crippen molar-refractivity contribution >= 4 is 46.4 Å². The zero-order valence-corrected chi connectivity index (χ0v) is 14.7. The highest BCUT2D eigenvalue weighted by Gasteiger charge is 2.28. The number of benzene rings is 2. The molecule has 119 valence electrons. The topological polar surface area (TPSA) is 52.9 Å². The summed E-state index contributed by atoms with van der Waals surface area (Å²) >= 11 is 14.0. The minimum absolute atomic E-state index is 0.0194. The van der Waals surface area contributed by atoms with E-state index in [0.717, 1.165) is 15.4 Å². The summed E-state index contributed by atoms with van der Waals surface area (Å²) in [6.45, 7) is 3.79. The van der Waals surface area contributed by atoms with Crippen LogP contribution in [0.2, 0.25) is 10.0 Å². The molecule has 1 radical (unpaired) electrons. The van der Waals surface area contributed by atoms with Gasteiger partial charge < -0.3 is 5.32 Å².